The zero-order valence-corrected chi connectivity index (χ0v) is 45.0. The molecule has 0 amide bonds. The highest BCUT2D eigenvalue weighted by molar-refractivity contribution is 6.30. The number of rotatable bonds is 20. The van der Waals surface area contributed by atoms with Crippen molar-refractivity contribution in [1.29, 1.82) is 0 Å². The number of carbonyl (C=O) groups is 2. The van der Waals surface area contributed by atoms with Crippen LogP contribution in [0, 0.1) is 46.5 Å². The monoisotopic (exact) mass is 1180 g/mol. The smallest absolute Gasteiger partial charge is 0.346 e. The van der Waals surface area contributed by atoms with Gasteiger partial charge in [-0.15, -0.1) is 0 Å². The zero-order chi connectivity index (χ0) is 58.6. The van der Waals surface area contributed by atoms with Gasteiger partial charge < -0.3 is 32.8 Å². The Kier molecular flexibility index (Phi) is 17.1. The third-order valence-corrected chi connectivity index (χ3v) is 13.7. The van der Waals surface area contributed by atoms with Gasteiger partial charge in [0.05, 0.1) is 46.8 Å². The van der Waals surface area contributed by atoms with Gasteiger partial charge in [0.1, 0.15) is 47.5 Å². The maximum absolute atomic E-state index is 16.0. The Balaban J connectivity index is 0.884. The number of carbonyl (C=O) groups excluding carboxylic acids is 2. The number of methoxy groups -OCH3 is 2. The normalized spacial score (nSPS) is 11.5. The molecular formula is C60H42Cl2F8N6O7. The van der Waals surface area contributed by atoms with Crippen molar-refractivity contribution in [3.05, 3.63) is 223 Å². The highest BCUT2D eigenvalue weighted by atomic mass is 35.5. The van der Waals surface area contributed by atoms with Crippen LogP contribution in [0.25, 0.3) is 44.6 Å². The Morgan fingerprint density at radius 1 is 0.482 bits per heavy atom. The Morgan fingerprint density at radius 3 is 1.27 bits per heavy atom. The van der Waals surface area contributed by atoms with Crippen LogP contribution in [0.2, 0.25) is 10.0 Å². The molecule has 0 aliphatic carbocycles. The van der Waals surface area contributed by atoms with Gasteiger partial charge in [0, 0.05) is 84.6 Å². The molecule has 4 aromatic heterocycles. The van der Waals surface area contributed by atoms with Crippen molar-refractivity contribution in [2.45, 2.75) is 39.1 Å². The molecule has 0 radical (unpaired) electrons. The zero-order valence-electron chi connectivity index (χ0n) is 43.5. The van der Waals surface area contributed by atoms with Crippen LogP contribution < -0.4 is 9.47 Å². The number of fused-ring (bicyclic) bond motifs is 2. The second-order valence-corrected chi connectivity index (χ2v) is 19.5. The van der Waals surface area contributed by atoms with Crippen LogP contribution >= 0.6 is 23.2 Å². The number of imidazole rings is 2. The van der Waals surface area contributed by atoms with Crippen molar-refractivity contribution in [3.63, 3.8) is 0 Å². The summed E-state index contributed by atoms with van der Waals surface area (Å²) in [6.07, 6.45) is -1.44. The number of aromatic nitrogens is 6. The fraction of sp³-hybridized carbons (Fsp3) is 0.167. The molecule has 0 N–H and O–H groups in total. The molecule has 4 heterocycles. The lowest BCUT2D eigenvalue weighted by atomic mass is 10.0. The molecule has 23 heteroatoms. The van der Waals surface area contributed by atoms with E-state index in [4.69, 9.17) is 46.9 Å². The van der Waals surface area contributed by atoms with Crippen LogP contribution in [-0.4, -0.2) is 68.4 Å². The first kappa shape index (κ1) is 57.5. The van der Waals surface area contributed by atoms with Crippen molar-refractivity contribution < 1.29 is 68.4 Å². The van der Waals surface area contributed by atoms with E-state index in [0.717, 1.165) is 35.4 Å². The van der Waals surface area contributed by atoms with Gasteiger partial charge >= 0.3 is 11.9 Å². The average Bonchev–Trinajstić information content (AvgIpc) is 3.62. The molecule has 6 aromatic carbocycles. The number of ether oxygens (including phenoxy) is 5. The van der Waals surface area contributed by atoms with E-state index < -0.39 is 105 Å². The molecule has 13 nitrogen and oxygen atoms in total. The summed E-state index contributed by atoms with van der Waals surface area (Å²) in [5.41, 5.74) is -3.41. The minimum Gasteiger partial charge on any atom is -0.473 e. The summed E-state index contributed by atoms with van der Waals surface area (Å²) in [4.78, 5) is 44.3. The summed E-state index contributed by atoms with van der Waals surface area (Å²) in [6.45, 7) is -0.239. The van der Waals surface area contributed by atoms with E-state index in [1.165, 1.54) is 59.8 Å². The molecule has 0 aliphatic rings. The van der Waals surface area contributed by atoms with Gasteiger partial charge in [0.2, 0.25) is 11.8 Å². The SMILES string of the molecule is COCCn1c(Cc2c(F)cc(-c3cccc(OCc4ccc(Cl)cc4)n3)c(F)c2F)nc2c(F)cc(C(=O)OC(=O)c3cc(F)c4nc(Cc5c(F)cc(-c6cccc(OCc7ccc(Cl)cc7)n6)c(F)c5F)n(CCOC)c4c3)cc21. The van der Waals surface area contributed by atoms with E-state index in [0.29, 0.717) is 22.2 Å². The second kappa shape index (κ2) is 24.8. The van der Waals surface area contributed by atoms with Crippen molar-refractivity contribution >= 4 is 57.2 Å². The molecular weight excluding hydrogens is 1140 g/mol. The molecule has 424 valence electrons. The van der Waals surface area contributed by atoms with E-state index in [9.17, 15) is 9.59 Å². The summed E-state index contributed by atoms with van der Waals surface area (Å²) in [7, 11) is 2.69. The first-order valence-electron chi connectivity index (χ1n) is 25.1. The largest absolute Gasteiger partial charge is 0.473 e. The van der Waals surface area contributed by atoms with Gasteiger partial charge in [-0.05, 0) is 83.9 Å². The third kappa shape index (κ3) is 12.4. The lowest BCUT2D eigenvalue weighted by Gasteiger charge is -2.13. The van der Waals surface area contributed by atoms with Crippen LogP contribution in [-0.2, 0) is 53.4 Å². The lowest BCUT2D eigenvalue weighted by molar-refractivity contribution is 0.0397. The summed E-state index contributed by atoms with van der Waals surface area (Å²) < 4.78 is 157. The summed E-state index contributed by atoms with van der Waals surface area (Å²) in [6, 6.07) is 27.3. The first-order chi connectivity index (χ1) is 40.0. The van der Waals surface area contributed by atoms with E-state index in [1.54, 1.807) is 48.5 Å². The summed E-state index contributed by atoms with van der Waals surface area (Å²) in [5, 5.41) is 1.04. The molecule has 0 saturated heterocycles. The standard InChI is InChI=1S/C60H42Cl2F8N6O7/c1-79-19-17-75-47-23-33(21-43(65)57(47)73-49(75)27-37-41(63)25-39(55(69)53(37)67)45-5-3-7-51(71-45)81-29-31-9-13-35(61)14-10-31)59(77)83-60(78)34-22-44(66)58-48(24-34)76(18-20-80-2)50(74-58)28-38-42(64)26-40(56(70)54(38)68)46-6-4-8-52(72-46)82-30-32-11-15-36(62)16-12-32/h3-16,21-26H,17-20,27-30H2,1-2H3. The fourth-order valence-electron chi connectivity index (χ4n) is 9.08. The van der Waals surface area contributed by atoms with Crippen molar-refractivity contribution in [2.75, 3.05) is 27.4 Å². The number of hydrogen-bond donors (Lipinski definition) is 0. The van der Waals surface area contributed by atoms with Gasteiger partial charge in [0.25, 0.3) is 0 Å². The van der Waals surface area contributed by atoms with E-state index in [1.807, 2.05) is 0 Å². The fourth-order valence-corrected chi connectivity index (χ4v) is 9.33. The van der Waals surface area contributed by atoms with Gasteiger partial charge in [-0.25, -0.2) is 64.6 Å². The highest BCUT2D eigenvalue weighted by Crippen LogP contribution is 2.34. The van der Waals surface area contributed by atoms with Crippen LogP contribution in [0.15, 0.2) is 121 Å². The lowest BCUT2D eigenvalue weighted by Crippen LogP contribution is -2.15. The van der Waals surface area contributed by atoms with Crippen molar-refractivity contribution in [2.24, 2.45) is 0 Å². The van der Waals surface area contributed by atoms with Crippen molar-refractivity contribution in [3.8, 4) is 34.3 Å². The Morgan fingerprint density at radius 2 is 0.880 bits per heavy atom. The van der Waals surface area contributed by atoms with Gasteiger partial charge in [0.15, 0.2) is 34.9 Å². The molecule has 10 rings (SSSR count). The van der Waals surface area contributed by atoms with Crippen LogP contribution in [0.1, 0.15) is 54.6 Å². The molecule has 10 aromatic rings. The number of hydrogen-bond acceptors (Lipinski definition) is 11. The Labute approximate surface area is 476 Å². The predicted octanol–water partition coefficient (Wildman–Crippen LogP) is 13.6. The maximum Gasteiger partial charge on any atom is 0.346 e. The summed E-state index contributed by atoms with van der Waals surface area (Å²) in [5.74, 6) is -13.8. The molecule has 0 aliphatic heterocycles. The van der Waals surface area contributed by atoms with Crippen LogP contribution in [0.5, 0.6) is 11.8 Å². The van der Waals surface area contributed by atoms with Gasteiger partial charge in [-0.2, -0.15) is 0 Å². The quantitative estimate of drug-likeness (QED) is 0.0311. The summed E-state index contributed by atoms with van der Waals surface area (Å²) >= 11 is 11.9. The van der Waals surface area contributed by atoms with Gasteiger partial charge in [-0.1, -0.05) is 59.6 Å². The van der Waals surface area contributed by atoms with E-state index >= 15 is 35.1 Å². The third-order valence-electron chi connectivity index (χ3n) is 13.2. The molecule has 0 atom stereocenters. The topological polar surface area (TPSA) is 142 Å². The first-order valence-corrected chi connectivity index (χ1v) is 25.9. The second-order valence-electron chi connectivity index (χ2n) is 18.6. The molecule has 0 spiro atoms. The number of nitrogens with zero attached hydrogens (tertiary/aromatic N) is 6. The molecule has 0 bridgehead atoms. The number of esters is 2. The average molecular weight is 1180 g/mol. The van der Waals surface area contributed by atoms with Crippen LogP contribution in [0.4, 0.5) is 35.1 Å². The predicted molar refractivity (Wildman–Crippen MR) is 289 cm³/mol. The Hall–Kier alpha value is -8.76. The molecule has 0 saturated carbocycles. The van der Waals surface area contributed by atoms with E-state index in [2.05, 4.69) is 19.9 Å². The molecule has 0 unspecified atom stereocenters. The van der Waals surface area contributed by atoms with Crippen molar-refractivity contribution in [1.82, 2.24) is 29.1 Å². The number of halogens is 10. The Bertz CT molecular complexity index is 3870. The molecule has 0 fully saturated rings. The maximum atomic E-state index is 16.0. The minimum absolute atomic E-state index is 0.0423. The van der Waals surface area contributed by atoms with Gasteiger partial charge in [-0.3, -0.25) is 0 Å². The van der Waals surface area contributed by atoms with E-state index in [-0.39, 0.29) is 96.4 Å². The number of benzene rings is 6. The number of pyridine rings is 2. The minimum atomic E-state index is -1.58. The highest BCUT2D eigenvalue weighted by Gasteiger charge is 2.28. The van der Waals surface area contributed by atoms with Crippen LogP contribution in [0.3, 0.4) is 0 Å². The molecule has 83 heavy (non-hydrogen) atoms.